The van der Waals surface area contributed by atoms with Crippen molar-refractivity contribution in [2.24, 2.45) is 5.84 Å². The van der Waals surface area contributed by atoms with Crippen LogP contribution in [-0.2, 0) is 6.54 Å². The van der Waals surface area contributed by atoms with Crippen LogP contribution in [0.4, 0.5) is 17.8 Å². The molecule has 2 heterocycles. The largest absolute Gasteiger partial charge is 0.347 e. The predicted molar refractivity (Wildman–Crippen MR) is 86.1 cm³/mol. The lowest BCUT2D eigenvalue weighted by molar-refractivity contribution is 0.844. The number of nitrogen functional groups attached to an aromatic ring is 1. The molecule has 2 aromatic rings. The zero-order valence-corrected chi connectivity index (χ0v) is 13.9. The number of rotatable bonds is 5. The third-order valence-corrected chi connectivity index (χ3v) is 4.08. The van der Waals surface area contributed by atoms with Crippen molar-refractivity contribution in [1.29, 1.82) is 0 Å². The molecule has 0 fully saturated rings. The summed E-state index contributed by atoms with van der Waals surface area (Å²) in [5, 5.41) is 2.09. The van der Waals surface area contributed by atoms with Crippen LogP contribution in [0.25, 0.3) is 0 Å². The van der Waals surface area contributed by atoms with E-state index in [4.69, 9.17) is 5.84 Å². The molecule has 0 radical (unpaired) electrons. The lowest BCUT2D eigenvalue weighted by Crippen LogP contribution is -2.23. The Hall–Kier alpha value is -1.45. The van der Waals surface area contributed by atoms with Gasteiger partial charge in [0.1, 0.15) is 0 Å². The van der Waals surface area contributed by atoms with Gasteiger partial charge in [0.2, 0.25) is 17.8 Å². The highest BCUT2D eigenvalue weighted by atomic mass is 79.9. The Morgan fingerprint density at radius 2 is 1.95 bits per heavy atom. The van der Waals surface area contributed by atoms with E-state index in [1.54, 1.807) is 16.2 Å². The van der Waals surface area contributed by atoms with Crippen molar-refractivity contribution in [2.45, 2.75) is 6.54 Å². The van der Waals surface area contributed by atoms with Crippen LogP contribution in [-0.4, -0.2) is 36.1 Å². The minimum absolute atomic E-state index is 0.344. The summed E-state index contributed by atoms with van der Waals surface area (Å²) in [4.78, 5) is 16.6. The van der Waals surface area contributed by atoms with E-state index >= 15 is 0 Å². The van der Waals surface area contributed by atoms with Gasteiger partial charge in [0, 0.05) is 27.7 Å². The predicted octanol–water partition coefficient (Wildman–Crippen LogP) is 1.68. The maximum absolute atomic E-state index is 5.40. The molecule has 3 N–H and O–H groups in total. The number of nitrogens with zero attached hydrogens (tertiary/aromatic N) is 5. The number of hydrazine groups is 1. The van der Waals surface area contributed by atoms with Gasteiger partial charge in [-0.1, -0.05) is 0 Å². The summed E-state index contributed by atoms with van der Waals surface area (Å²) < 4.78 is 1.11. The van der Waals surface area contributed by atoms with Crippen LogP contribution < -0.4 is 21.1 Å². The van der Waals surface area contributed by atoms with Gasteiger partial charge in [-0.2, -0.15) is 15.0 Å². The van der Waals surface area contributed by atoms with Gasteiger partial charge in [-0.25, -0.2) is 5.84 Å². The monoisotopic (exact) mass is 357 g/mol. The smallest absolute Gasteiger partial charge is 0.243 e. The van der Waals surface area contributed by atoms with E-state index in [1.165, 1.54) is 5.56 Å². The van der Waals surface area contributed by atoms with Gasteiger partial charge in [-0.05, 0) is 32.9 Å². The summed E-state index contributed by atoms with van der Waals surface area (Å²) in [5.74, 6) is 6.87. The fraction of sp³-hybridized carbons (Fsp3) is 0.364. The van der Waals surface area contributed by atoms with Crippen LogP contribution in [0.15, 0.2) is 15.2 Å². The second-order valence-electron chi connectivity index (χ2n) is 4.41. The van der Waals surface area contributed by atoms with Gasteiger partial charge < -0.3 is 9.80 Å². The Balaban J connectivity index is 2.24. The van der Waals surface area contributed by atoms with Crippen molar-refractivity contribution in [1.82, 2.24) is 15.0 Å². The maximum Gasteiger partial charge on any atom is 0.243 e. The first kappa shape index (κ1) is 14.9. The molecule has 0 bridgehead atoms. The molecule has 0 aliphatic rings. The van der Waals surface area contributed by atoms with E-state index in [2.05, 4.69) is 47.8 Å². The van der Waals surface area contributed by atoms with Gasteiger partial charge in [-0.3, -0.25) is 5.43 Å². The van der Waals surface area contributed by atoms with Crippen LogP contribution in [0, 0.1) is 0 Å². The molecule has 0 aromatic carbocycles. The first-order valence-electron chi connectivity index (χ1n) is 5.83. The minimum Gasteiger partial charge on any atom is -0.347 e. The zero-order valence-electron chi connectivity index (χ0n) is 11.5. The third-order valence-electron chi connectivity index (χ3n) is 2.52. The molecule has 0 amide bonds. The van der Waals surface area contributed by atoms with Crippen LogP contribution >= 0.6 is 27.3 Å². The van der Waals surface area contributed by atoms with Crippen molar-refractivity contribution < 1.29 is 0 Å². The van der Waals surface area contributed by atoms with Crippen molar-refractivity contribution in [2.75, 3.05) is 36.4 Å². The van der Waals surface area contributed by atoms with Gasteiger partial charge in [-0.15, -0.1) is 11.3 Å². The second-order valence-corrected chi connectivity index (χ2v) is 6.70. The average Bonchev–Trinajstić information content (AvgIpc) is 2.83. The van der Waals surface area contributed by atoms with Crippen molar-refractivity contribution in [3.05, 3.63) is 20.8 Å². The van der Waals surface area contributed by atoms with E-state index in [1.807, 2.05) is 26.0 Å². The topological polar surface area (TPSA) is 83.2 Å². The van der Waals surface area contributed by atoms with E-state index < -0.39 is 0 Å². The number of hydrogen-bond donors (Lipinski definition) is 2. The highest BCUT2D eigenvalue weighted by Gasteiger charge is 2.12. The molecular weight excluding hydrogens is 342 g/mol. The summed E-state index contributed by atoms with van der Waals surface area (Å²) in [7, 11) is 5.67. The Bertz CT molecular complexity index is 586. The van der Waals surface area contributed by atoms with Crippen molar-refractivity contribution >= 4 is 45.1 Å². The zero-order chi connectivity index (χ0) is 14.7. The quantitative estimate of drug-likeness (QED) is 0.622. The number of anilines is 3. The number of nitrogens with two attached hydrogens (primary N) is 1. The fourth-order valence-corrected chi connectivity index (χ4v) is 2.76. The van der Waals surface area contributed by atoms with Gasteiger partial charge in [0.25, 0.3) is 0 Å². The Kier molecular flexibility index (Phi) is 4.73. The molecule has 0 unspecified atom stereocenters. The molecule has 20 heavy (non-hydrogen) atoms. The lowest BCUT2D eigenvalue weighted by atomic mass is 10.3. The van der Waals surface area contributed by atoms with Gasteiger partial charge in [0.15, 0.2) is 0 Å². The van der Waals surface area contributed by atoms with E-state index in [-0.39, 0.29) is 0 Å². The Morgan fingerprint density at radius 3 is 2.50 bits per heavy atom. The molecule has 7 nitrogen and oxygen atoms in total. The molecule has 0 saturated heterocycles. The Morgan fingerprint density at radius 1 is 1.25 bits per heavy atom. The molecular formula is C11H16BrN7S. The number of halogens is 1. The van der Waals surface area contributed by atoms with Crippen LogP contribution in [0.1, 0.15) is 5.56 Å². The fourth-order valence-electron chi connectivity index (χ4n) is 1.56. The highest BCUT2D eigenvalue weighted by Crippen LogP contribution is 2.23. The maximum atomic E-state index is 5.40. The van der Waals surface area contributed by atoms with Gasteiger partial charge >= 0.3 is 0 Å². The highest BCUT2D eigenvalue weighted by molar-refractivity contribution is 9.11. The number of nitrogens with one attached hydrogen (secondary N) is 1. The van der Waals surface area contributed by atoms with Crippen LogP contribution in [0.3, 0.4) is 0 Å². The summed E-state index contributed by atoms with van der Waals surface area (Å²) >= 11 is 5.11. The van der Waals surface area contributed by atoms with E-state index in [0.29, 0.717) is 24.4 Å². The summed E-state index contributed by atoms with van der Waals surface area (Å²) in [6.45, 7) is 0.711. The second kappa shape index (κ2) is 6.33. The van der Waals surface area contributed by atoms with Crippen LogP contribution in [0.5, 0.6) is 0 Å². The molecule has 0 saturated carbocycles. The van der Waals surface area contributed by atoms with Crippen LogP contribution in [0.2, 0.25) is 0 Å². The first-order chi connectivity index (χ1) is 9.49. The molecule has 0 spiro atoms. The standard InChI is InChI=1S/C11H16BrN7S/c1-18(2)10-14-9(17-13)15-11(16-10)19(3)5-7-4-8(12)20-6-7/h4,6H,5,13H2,1-3H3,(H,14,15,16,17). The molecule has 0 aliphatic carbocycles. The minimum atomic E-state index is 0.344. The Labute approximate surface area is 129 Å². The number of aromatic nitrogens is 3. The molecule has 9 heteroatoms. The normalized spacial score (nSPS) is 10.4. The molecule has 2 aromatic heterocycles. The molecule has 2 rings (SSSR count). The van der Waals surface area contributed by atoms with Crippen molar-refractivity contribution in [3.63, 3.8) is 0 Å². The molecule has 108 valence electrons. The first-order valence-corrected chi connectivity index (χ1v) is 7.51. The summed E-state index contributed by atoms with van der Waals surface area (Å²) in [6.07, 6.45) is 0. The molecule has 0 aliphatic heterocycles. The number of hydrogen-bond acceptors (Lipinski definition) is 8. The number of thiophene rings is 1. The third kappa shape index (κ3) is 3.56. The molecule has 0 atom stereocenters. The summed E-state index contributed by atoms with van der Waals surface area (Å²) in [6, 6.07) is 2.08. The van der Waals surface area contributed by atoms with Gasteiger partial charge in [0.05, 0.1) is 3.79 Å². The average molecular weight is 358 g/mol. The van der Waals surface area contributed by atoms with E-state index in [9.17, 15) is 0 Å². The summed E-state index contributed by atoms with van der Waals surface area (Å²) in [5.41, 5.74) is 3.66. The van der Waals surface area contributed by atoms with Crippen molar-refractivity contribution in [3.8, 4) is 0 Å². The SMILES string of the molecule is CN(C)c1nc(NN)nc(N(C)Cc2csc(Br)c2)n1. The van der Waals surface area contributed by atoms with E-state index in [0.717, 1.165) is 3.79 Å². The lowest BCUT2D eigenvalue weighted by Gasteiger charge is -2.19.